The van der Waals surface area contributed by atoms with Crippen LogP contribution in [-0.2, 0) is 11.2 Å². The normalized spacial score (nSPS) is 10.5. The summed E-state index contributed by atoms with van der Waals surface area (Å²) in [6.07, 6.45) is 1.23. The number of rotatable bonds is 6. The van der Waals surface area contributed by atoms with Gasteiger partial charge in [-0.1, -0.05) is 30.3 Å². The van der Waals surface area contributed by atoms with Crippen molar-refractivity contribution in [3.8, 4) is 11.5 Å². The van der Waals surface area contributed by atoms with Crippen LogP contribution < -0.4 is 10.2 Å². The average Bonchev–Trinajstić information content (AvgIpc) is 2.55. The van der Waals surface area contributed by atoms with Crippen LogP contribution in [0.4, 0.5) is 5.69 Å². The number of aromatic hydroxyl groups is 1. The number of hydrogen-bond acceptors (Lipinski definition) is 6. The zero-order valence-electron chi connectivity index (χ0n) is 12.8. The van der Waals surface area contributed by atoms with Crippen LogP contribution >= 0.6 is 0 Å². The van der Waals surface area contributed by atoms with Crippen LogP contribution in [-0.4, -0.2) is 29.3 Å². The van der Waals surface area contributed by atoms with Gasteiger partial charge in [-0.05, 0) is 11.6 Å². The van der Waals surface area contributed by atoms with Gasteiger partial charge in [0.1, 0.15) is 0 Å². The third kappa shape index (κ3) is 4.29. The lowest BCUT2D eigenvalue weighted by Crippen LogP contribution is -2.19. The molecule has 2 aromatic carbocycles. The Labute approximate surface area is 137 Å². The smallest absolute Gasteiger partial charge is 0.282 e. The number of benzene rings is 2. The summed E-state index contributed by atoms with van der Waals surface area (Å²) in [6, 6.07) is 11.3. The van der Waals surface area contributed by atoms with Crippen LogP contribution in [0.3, 0.4) is 0 Å². The molecule has 0 bridgehead atoms. The molecule has 0 aromatic heterocycles. The van der Waals surface area contributed by atoms with Gasteiger partial charge in [0, 0.05) is 0 Å². The molecule has 0 heterocycles. The monoisotopic (exact) mass is 329 g/mol. The van der Waals surface area contributed by atoms with Crippen LogP contribution in [0.5, 0.6) is 11.5 Å². The molecule has 0 aliphatic rings. The molecule has 2 rings (SSSR count). The van der Waals surface area contributed by atoms with Crippen molar-refractivity contribution in [1.82, 2.24) is 5.43 Å². The van der Waals surface area contributed by atoms with E-state index in [1.54, 1.807) is 12.1 Å². The van der Waals surface area contributed by atoms with E-state index in [4.69, 9.17) is 4.74 Å². The Morgan fingerprint density at radius 2 is 2.08 bits per heavy atom. The van der Waals surface area contributed by atoms with E-state index in [-0.39, 0.29) is 35.1 Å². The first-order chi connectivity index (χ1) is 11.5. The fourth-order valence-corrected chi connectivity index (χ4v) is 1.99. The van der Waals surface area contributed by atoms with Gasteiger partial charge >= 0.3 is 0 Å². The molecule has 0 spiro atoms. The summed E-state index contributed by atoms with van der Waals surface area (Å²) in [6.45, 7) is 0. The number of amides is 1. The molecule has 0 unspecified atom stereocenters. The standard InChI is InChI=1S/C16H15N3O5/c1-24-15-9-13(19(22)23)12(8-14(15)20)10-17-18-16(21)7-11-5-3-2-4-6-11/h2-6,8-10,20H,7H2,1H3,(H,18,21)/b17-10-. The number of phenolic OH excluding ortho intramolecular Hbond substituents is 1. The van der Waals surface area contributed by atoms with Crippen molar-refractivity contribution in [2.24, 2.45) is 5.10 Å². The van der Waals surface area contributed by atoms with Crippen molar-refractivity contribution in [2.75, 3.05) is 7.11 Å². The van der Waals surface area contributed by atoms with Gasteiger partial charge in [-0.15, -0.1) is 0 Å². The van der Waals surface area contributed by atoms with Gasteiger partial charge in [-0.2, -0.15) is 5.10 Å². The Hall–Kier alpha value is -3.42. The van der Waals surface area contributed by atoms with Crippen LogP contribution in [0.2, 0.25) is 0 Å². The number of carbonyl (C=O) groups excluding carboxylic acids is 1. The second-order valence-corrected chi connectivity index (χ2v) is 4.80. The number of phenols is 1. The number of nitro groups is 1. The lowest BCUT2D eigenvalue weighted by molar-refractivity contribution is -0.385. The van der Waals surface area contributed by atoms with Crippen LogP contribution in [0.1, 0.15) is 11.1 Å². The third-order valence-corrected chi connectivity index (χ3v) is 3.13. The van der Waals surface area contributed by atoms with Crippen molar-refractivity contribution in [3.05, 3.63) is 63.7 Å². The summed E-state index contributed by atoms with van der Waals surface area (Å²) in [7, 11) is 1.29. The predicted molar refractivity (Wildman–Crippen MR) is 87.2 cm³/mol. The molecule has 0 aliphatic heterocycles. The first-order valence-electron chi connectivity index (χ1n) is 6.92. The van der Waals surface area contributed by atoms with Crippen molar-refractivity contribution in [2.45, 2.75) is 6.42 Å². The number of methoxy groups -OCH3 is 1. The highest BCUT2D eigenvalue weighted by molar-refractivity contribution is 5.88. The highest BCUT2D eigenvalue weighted by Crippen LogP contribution is 2.32. The van der Waals surface area contributed by atoms with Crippen LogP contribution in [0, 0.1) is 10.1 Å². The Balaban J connectivity index is 2.09. The van der Waals surface area contributed by atoms with E-state index in [9.17, 15) is 20.0 Å². The van der Waals surface area contributed by atoms with Gasteiger partial charge in [-0.3, -0.25) is 14.9 Å². The maximum absolute atomic E-state index is 11.8. The Kier molecular flexibility index (Phi) is 5.45. The fourth-order valence-electron chi connectivity index (χ4n) is 1.99. The van der Waals surface area contributed by atoms with Crippen molar-refractivity contribution < 1.29 is 19.6 Å². The number of nitro benzene ring substituents is 1. The summed E-state index contributed by atoms with van der Waals surface area (Å²) >= 11 is 0. The quantitative estimate of drug-likeness (QED) is 0.478. The lowest BCUT2D eigenvalue weighted by atomic mass is 10.1. The van der Waals surface area contributed by atoms with E-state index in [1.807, 2.05) is 18.2 Å². The van der Waals surface area contributed by atoms with Gasteiger partial charge in [0.25, 0.3) is 5.69 Å². The molecule has 0 saturated heterocycles. The zero-order valence-corrected chi connectivity index (χ0v) is 12.8. The van der Waals surface area contributed by atoms with E-state index < -0.39 is 4.92 Å². The highest BCUT2D eigenvalue weighted by atomic mass is 16.6. The molecule has 24 heavy (non-hydrogen) atoms. The lowest BCUT2D eigenvalue weighted by Gasteiger charge is -2.05. The number of hydrazone groups is 1. The summed E-state index contributed by atoms with van der Waals surface area (Å²) in [5.41, 5.74) is 2.85. The first-order valence-corrected chi connectivity index (χ1v) is 6.92. The van der Waals surface area contributed by atoms with Crippen molar-refractivity contribution in [1.29, 1.82) is 0 Å². The topological polar surface area (TPSA) is 114 Å². The maximum Gasteiger partial charge on any atom is 0.282 e. The van der Waals surface area contributed by atoms with E-state index in [0.717, 1.165) is 23.9 Å². The largest absolute Gasteiger partial charge is 0.504 e. The summed E-state index contributed by atoms with van der Waals surface area (Å²) in [5.74, 6) is -0.648. The minimum Gasteiger partial charge on any atom is -0.504 e. The molecule has 2 N–H and O–H groups in total. The molecule has 8 nitrogen and oxygen atoms in total. The predicted octanol–water partition coefficient (Wildman–Crippen LogP) is 2.00. The van der Waals surface area contributed by atoms with E-state index in [0.29, 0.717) is 0 Å². The Morgan fingerprint density at radius 3 is 2.71 bits per heavy atom. The minimum atomic E-state index is -0.630. The highest BCUT2D eigenvalue weighted by Gasteiger charge is 2.17. The van der Waals surface area contributed by atoms with Crippen molar-refractivity contribution in [3.63, 3.8) is 0 Å². The average molecular weight is 329 g/mol. The van der Waals surface area contributed by atoms with Gasteiger partial charge in [-0.25, -0.2) is 5.43 Å². The molecule has 124 valence electrons. The third-order valence-electron chi connectivity index (χ3n) is 3.13. The molecule has 0 fully saturated rings. The first kappa shape index (κ1) is 16.9. The molecular formula is C16H15N3O5. The van der Waals surface area contributed by atoms with Crippen LogP contribution in [0.25, 0.3) is 0 Å². The van der Waals surface area contributed by atoms with Gasteiger partial charge in [0.2, 0.25) is 5.91 Å². The Bertz CT molecular complexity index is 775. The summed E-state index contributed by atoms with van der Waals surface area (Å²) in [5, 5.41) is 24.5. The van der Waals surface area contributed by atoms with E-state index in [1.165, 1.54) is 7.11 Å². The molecular weight excluding hydrogens is 314 g/mol. The second kappa shape index (κ2) is 7.73. The molecule has 0 aliphatic carbocycles. The van der Waals surface area contributed by atoms with Gasteiger partial charge in [0.05, 0.1) is 36.3 Å². The Morgan fingerprint density at radius 1 is 1.38 bits per heavy atom. The fraction of sp³-hybridized carbons (Fsp3) is 0.125. The number of carbonyl (C=O) groups is 1. The number of hydrogen-bond donors (Lipinski definition) is 2. The second-order valence-electron chi connectivity index (χ2n) is 4.80. The van der Waals surface area contributed by atoms with E-state index in [2.05, 4.69) is 10.5 Å². The molecule has 1 amide bonds. The zero-order chi connectivity index (χ0) is 17.5. The molecule has 0 atom stereocenters. The molecule has 0 saturated carbocycles. The van der Waals surface area contributed by atoms with E-state index >= 15 is 0 Å². The molecule has 8 heteroatoms. The van der Waals surface area contributed by atoms with Gasteiger partial charge < -0.3 is 9.84 Å². The molecule has 2 aromatic rings. The van der Waals surface area contributed by atoms with Crippen LogP contribution in [0.15, 0.2) is 47.6 Å². The summed E-state index contributed by atoms with van der Waals surface area (Å²) < 4.78 is 4.83. The van der Waals surface area contributed by atoms with Gasteiger partial charge in [0.15, 0.2) is 11.5 Å². The minimum absolute atomic E-state index is 0.0213. The SMILES string of the molecule is COc1cc([N+](=O)[O-])c(/C=N\NC(=O)Cc2ccccc2)cc1O. The number of nitrogens with one attached hydrogen (secondary N) is 1. The number of ether oxygens (including phenoxy) is 1. The number of nitrogens with zero attached hydrogens (tertiary/aromatic N) is 2. The summed E-state index contributed by atoms with van der Waals surface area (Å²) in [4.78, 5) is 22.2. The molecule has 0 radical (unpaired) electrons. The maximum atomic E-state index is 11.8. The van der Waals surface area contributed by atoms with Crippen molar-refractivity contribution >= 4 is 17.8 Å².